The molecule has 2 amide bonds. The highest BCUT2D eigenvalue weighted by Gasteiger charge is 2.44. The molecule has 4 aromatic rings. The topological polar surface area (TPSA) is 150 Å². The predicted molar refractivity (Wildman–Crippen MR) is 233 cm³/mol. The molecule has 4 N–H and O–H groups in total. The first kappa shape index (κ1) is 46.8. The number of halogens is 4. The zero-order valence-electron chi connectivity index (χ0n) is 34.1. The molecule has 0 bridgehead atoms. The highest BCUT2D eigenvalue weighted by Crippen LogP contribution is 2.34. The van der Waals surface area contributed by atoms with Gasteiger partial charge in [0.1, 0.15) is 24.2 Å². The number of aliphatic hydroxyl groups excluding tert-OH is 1. The molecule has 1 saturated heterocycles. The second-order valence-electron chi connectivity index (χ2n) is 16.0. The Bertz CT molecular complexity index is 2150. The minimum absolute atomic E-state index is 0.00552. The minimum atomic E-state index is -1.31. The van der Waals surface area contributed by atoms with Crippen molar-refractivity contribution >= 4 is 68.7 Å². The van der Waals surface area contributed by atoms with Crippen LogP contribution in [0.3, 0.4) is 0 Å². The number of aliphatic hydroxyl groups is 1. The van der Waals surface area contributed by atoms with Gasteiger partial charge in [-0.15, -0.1) is 11.3 Å². The van der Waals surface area contributed by atoms with Crippen LogP contribution in [0.4, 0.5) is 24.5 Å². The van der Waals surface area contributed by atoms with Crippen LogP contribution in [-0.2, 0) is 25.7 Å². The molecule has 60 heavy (non-hydrogen) atoms. The Labute approximate surface area is 366 Å². The SMILES string of the molecule is Cc1ncsc1-c1ccc(CNC(=O)[C@@H]2C[C@@H](O)CN2C(=O)[C@@H](CC(=O)CCCNCCCOCC(=O)c2ccc(F)c(F)c2Nc2ccc(I)cc2F)C(C)(C)C)cc1. The summed E-state index contributed by atoms with van der Waals surface area (Å²) < 4.78 is 49.3. The standard InChI is InChI=1S/C44H51F3IN5O6S/c1-26-41(60-25-51-26)28-10-8-27(9-11-28)22-50-42(57)37-21-31(55)23-53(37)43(58)33(44(2,3)4)20-30(54)7-5-16-49-17-6-18-59-24-38(56)32-13-14-34(45)39(47)40(32)52-36-15-12-29(48)19-35(36)46/h8-15,19,25,31,33,37,49,52,55H,5-7,16-18,20-24H2,1-4H3,(H,50,57)/t31-,33-,37+/m1/s1. The van der Waals surface area contributed by atoms with Crippen LogP contribution in [0.5, 0.6) is 0 Å². The lowest BCUT2D eigenvalue weighted by Crippen LogP contribution is -2.50. The summed E-state index contributed by atoms with van der Waals surface area (Å²) in [5, 5.41) is 19.2. The van der Waals surface area contributed by atoms with Crippen LogP contribution >= 0.6 is 33.9 Å². The molecule has 3 aromatic carbocycles. The molecule has 11 nitrogen and oxygen atoms in total. The summed E-state index contributed by atoms with van der Waals surface area (Å²) in [5.41, 5.74) is 3.35. The molecule has 0 unspecified atom stereocenters. The Kier molecular flexibility index (Phi) is 16.8. The average molecular weight is 962 g/mol. The number of nitrogens with one attached hydrogen (secondary N) is 3. The molecule has 0 saturated carbocycles. The van der Waals surface area contributed by atoms with Crippen LogP contribution in [0.15, 0.2) is 60.1 Å². The minimum Gasteiger partial charge on any atom is -0.391 e. The Morgan fingerprint density at radius 3 is 2.43 bits per heavy atom. The third-order valence-electron chi connectivity index (χ3n) is 10.3. The van der Waals surface area contributed by atoms with Crippen molar-refractivity contribution in [2.75, 3.05) is 38.2 Å². The van der Waals surface area contributed by atoms with E-state index in [9.17, 15) is 37.5 Å². The fourth-order valence-electron chi connectivity index (χ4n) is 6.97. The van der Waals surface area contributed by atoms with E-state index < -0.39 is 59.0 Å². The first-order chi connectivity index (χ1) is 28.5. The van der Waals surface area contributed by atoms with Crippen molar-refractivity contribution < 1.29 is 42.2 Å². The van der Waals surface area contributed by atoms with Gasteiger partial charge in [0.15, 0.2) is 17.4 Å². The number of carbonyl (C=O) groups is 4. The fourth-order valence-corrected chi connectivity index (χ4v) is 8.23. The van der Waals surface area contributed by atoms with Crippen molar-refractivity contribution in [3.05, 3.63) is 98.0 Å². The number of likely N-dealkylation sites (tertiary alicyclic amines) is 1. The molecule has 0 radical (unpaired) electrons. The lowest BCUT2D eigenvalue weighted by atomic mass is 9.76. The number of Topliss-reactive ketones (excluding diaryl/α,β-unsaturated/α-hetero) is 2. The molecule has 1 fully saturated rings. The molecule has 5 rings (SSSR count). The van der Waals surface area contributed by atoms with Crippen molar-refractivity contribution in [3.8, 4) is 10.4 Å². The van der Waals surface area contributed by atoms with Crippen LogP contribution < -0.4 is 16.0 Å². The van der Waals surface area contributed by atoms with Gasteiger partial charge in [-0.3, -0.25) is 19.2 Å². The number of carbonyl (C=O) groups excluding carboxylic acids is 4. The number of ketones is 2. The van der Waals surface area contributed by atoms with Crippen LogP contribution in [0.1, 0.15) is 74.5 Å². The fraction of sp³-hybridized carbons (Fsp3) is 0.432. The van der Waals surface area contributed by atoms with Gasteiger partial charge in [0.05, 0.1) is 33.6 Å². The number of ether oxygens (including phenoxy) is 1. The van der Waals surface area contributed by atoms with E-state index in [2.05, 4.69) is 20.9 Å². The molecule has 0 aliphatic carbocycles. The summed E-state index contributed by atoms with van der Waals surface area (Å²) in [7, 11) is 0. The second-order valence-corrected chi connectivity index (χ2v) is 18.1. The third kappa shape index (κ3) is 12.7. The van der Waals surface area contributed by atoms with Crippen LogP contribution in [0, 0.1) is 39.3 Å². The number of amides is 2. The Morgan fingerprint density at radius 2 is 1.75 bits per heavy atom. The van der Waals surface area contributed by atoms with E-state index in [1.54, 1.807) is 22.9 Å². The first-order valence-electron chi connectivity index (χ1n) is 19.8. The normalized spacial score (nSPS) is 15.8. The van der Waals surface area contributed by atoms with Crippen molar-refractivity contribution in [1.82, 2.24) is 20.5 Å². The second kappa shape index (κ2) is 21.5. The van der Waals surface area contributed by atoms with E-state index >= 15 is 0 Å². The first-order valence-corrected chi connectivity index (χ1v) is 21.8. The number of anilines is 2. The molecular formula is C44H51F3IN5O6S. The van der Waals surface area contributed by atoms with E-state index in [4.69, 9.17) is 4.74 Å². The monoisotopic (exact) mass is 961 g/mol. The zero-order valence-corrected chi connectivity index (χ0v) is 37.1. The van der Waals surface area contributed by atoms with Gasteiger partial charge < -0.3 is 30.7 Å². The molecule has 322 valence electrons. The number of rotatable bonds is 20. The molecule has 16 heteroatoms. The van der Waals surface area contributed by atoms with Crippen molar-refractivity contribution in [3.63, 3.8) is 0 Å². The molecule has 2 heterocycles. The van der Waals surface area contributed by atoms with E-state index in [0.29, 0.717) is 29.5 Å². The summed E-state index contributed by atoms with van der Waals surface area (Å²) in [5.74, 6) is -5.25. The summed E-state index contributed by atoms with van der Waals surface area (Å²) in [6.45, 7) is 8.73. The number of β-amino-alcohol motifs (C(OH)–C–C–N with tert-alkyl or cyclic N) is 1. The molecule has 1 aliphatic rings. The van der Waals surface area contributed by atoms with Crippen molar-refractivity contribution in [1.29, 1.82) is 0 Å². The van der Waals surface area contributed by atoms with Gasteiger partial charge in [-0.1, -0.05) is 45.0 Å². The highest BCUT2D eigenvalue weighted by atomic mass is 127. The predicted octanol–water partition coefficient (Wildman–Crippen LogP) is 7.74. The number of nitrogens with zero attached hydrogens (tertiary/aromatic N) is 2. The van der Waals surface area contributed by atoms with Gasteiger partial charge in [-0.05, 0) is 102 Å². The van der Waals surface area contributed by atoms with Gasteiger partial charge in [-0.25, -0.2) is 18.2 Å². The Hall–Kier alpha value is -4.23. The lowest BCUT2D eigenvalue weighted by molar-refractivity contribution is -0.146. The zero-order chi connectivity index (χ0) is 43.6. The Balaban J connectivity index is 1.02. The van der Waals surface area contributed by atoms with E-state index in [1.165, 1.54) is 17.0 Å². The molecular weight excluding hydrogens is 910 g/mol. The number of aromatic nitrogens is 1. The van der Waals surface area contributed by atoms with Gasteiger partial charge in [0, 0.05) is 54.0 Å². The van der Waals surface area contributed by atoms with E-state index in [0.717, 1.165) is 33.8 Å². The maximum atomic E-state index is 14.7. The number of hydrogen-bond acceptors (Lipinski definition) is 10. The molecule has 1 aromatic heterocycles. The number of thiazole rings is 1. The van der Waals surface area contributed by atoms with Gasteiger partial charge in [-0.2, -0.15) is 0 Å². The lowest BCUT2D eigenvalue weighted by Gasteiger charge is -2.34. The smallest absolute Gasteiger partial charge is 0.243 e. The van der Waals surface area contributed by atoms with Crippen molar-refractivity contribution in [2.24, 2.45) is 11.3 Å². The molecule has 0 spiro atoms. The summed E-state index contributed by atoms with van der Waals surface area (Å²) in [4.78, 5) is 60.3. The maximum absolute atomic E-state index is 14.7. The molecule has 3 atom stereocenters. The van der Waals surface area contributed by atoms with Gasteiger partial charge in [0.2, 0.25) is 11.8 Å². The largest absolute Gasteiger partial charge is 0.391 e. The molecule has 1 aliphatic heterocycles. The summed E-state index contributed by atoms with van der Waals surface area (Å²) in [6, 6.07) is 13.1. The van der Waals surface area contributed by atoms with Gasteiger partial charge in [0.25, 0.3) is 0 Å². The number of hydrogen-bond donors (Lipinski definition) is 4. The quantitative estimate of drug-likeness (QED) is 0.0397. The van der Waals surface area contributed by atoms with Crippen LogP contribution in [0.2, 0.25) is 0 Å². The van der Waals surface area contributed by atoms with Gasteiger partial charge >= 0.3 is 0 Å². The Morgan fingerprint density at radius 1 is 1.02 bits per heavy atom. The van der Waals surface area contributed by atoms with Crippen LogP contribution in [0.25, 0.3) is 10.4 Å². The maximum Gasteiger partial charge on any atom is 0.243 e. The van der Waals surface area contributed by atoms with Crippen LogP contribution in [-0.4, -0.2) is 83.4 Å². The highest BCUT2D eigenvalue weighted by molar-refractivity contribution is 14.1. The summed E-state index contributed by atoms with van der Waals surface area (Å²) in [6.07, 6.45) is 0.546. The average Bonchev–Trinajstić information content (AvgIpc) is 3.82. The van der Waals surface area contributed by atoms with E-state index in [1.807, 2.05) is 74.6 Å². The third-order valence-corrected chi connectivity index (χ3v) is 12.0. The summed E-state index contributed by atoms with van der Waals surface area (Å²) >= 11 is 3.48. The number of aryl methyl sites for hydroxylation is 1. The van der Waals surface area contributed by atoms with Crippen molar-refractivity contribution in [2.45, 2.75) is 78.5 Å². The number of benzene rings is 3. The van der Waals surface area contributed by atoms with E-state index in [-0.39, 0.29) is 67.8 Å².